The van der Waals surface area contributed by atoms with E-state index in [9.17, 15) is 4.79 Å². The van der Waals surface area contributed by atoms with Crippen molar-refractivity contribution in [3.8, 4) is 6.07 Å². The molecule has 0 amide bonds. The van der Waals surface area contributed by atoms with Crippen LogP contribution < -0.4 is 0 Å². The Bertz CT molecular complexity index is 589. The Morgan fingerprint density at radius 2 is 2.11 bits per heavy atom. The second kappa shape index (κ2) is 4.89. The Kier molecular flexibility index (Phi) is 3.29. The van der Waals surface area contributed by atoms with Crippen LogP contribution in [0.5, 0.6) is 0 Å². The number of Topliss-reactive ketones (excluding diaryl/α,β-unsaturated/α-hetero) is 1. The minimum atomic E-state index is -0.178. The van der Waals surface area contributed by atoms with Crippen LogP contribution in [-0.2, 0) is 11.2 Å². The van der Waals surface area contributed by atoms with Crippen LogP contribution in [0, 0.1) is 11.3 Å². The number of allylic oxidation sites excluding steroid dienone is 2. The summed E-state index contributed by atoms with van der Waals surface area (Å²) < 4.78 is 0. The van der Waals surface area contributed by atoms with Crippen LogP contribution in [0.4, 0.5) is 0 Å². The van der Waals surface area contributed by atoms with Crippen LogP contribution in [0.1, 0.15) is 11.1 Å². The fraction of sp³-hybridized carbons (Fsp3) is 0.200. The molecule has 0 N–H and O–H groups in total. The van der Waals surface area contributed by atoms with Crippen LogP contribution in [0.15, 0.2) is 41.6 Å². The normalized spacial score (nSPS) is 13.6. The van der Waals surface area contributed by atoms with Gasteiger partial charge >= 0.3 is 0 Å². The molecule has 0 heterocycles. The average Bonchev–Trinajstić information content (AvgIpc) is 2.78. The van der Waals surface area contributed by atoms with Crippen molar-refractivity contribution in [2.75, 3.05) is 14.1 Å². The molecule has 3 heteroatoms. The lowest BCUT2D eigenvalue weighted by molar-refractivity contribution is -0.111. The molecule has 0 unspecified atom stereocenters. The zero-order valence-electron chi connectivity index (χ0n) is 10.5. The number of hydrogen-bond donors (Lipinski definition) is 0. The molecule has 1 aromatic rings. The molecule has 3 nitrogen and oxygen atoms in total. The third kappa shape index (κ3) is 2.33. The Labute approximate surface area is 107 Å². The summed E-state index contributed by atoms with van der Waals surface area (Å²) >= 11 is 0. The van der Waals surface area contributed by atoms with Crippen molar-refractivity contribution in [1.29, 1.82) is 5.26 Å². The summed E-state index contributed by atoms with van der Waals surface area (Å²) in [5.74, 6) is -0.178. The number of carbonyl (C=O) groups excluding carboxylic acids is 1. The molecule has 2 rings (SSSR count). The molecular formula is C15H14N2O. The third-order valence-corrected chi connectivity index (χ3v) is 2.81. The molecule has 0 fully saturated rings. The Morgan fingerprint density at radius 3 is 2.72 bits per heavy atom. The van der Waals surface area contributed by atoms with Crippen molar-refractivity contribution in [1.82, 2.24) is 4.90 Å². The Morgan fingerprint density at radius 1 is 1.39 bits per heavy atom. The second-order valence-corrected chi connectivity index (χ2v) is 4.49. The smallest absolute Gasteiger partial charge is 0.201 e. The predicted molar refractivity (Wildman–Crippen MR) is 70.5 cm³/mol. The van der Waals surface area contributed by atoms with E-state index in [2.05, 4.69) is 0 Å². The minimum absolute atomic E-state index is 0.178. The highest BCUT2D eigenvalue weighted by Crippen LogP contribution is 2.26. The van der Waals surface area contributed by atoms with Crippen molar-refractivity contribution in [3.63, 3.8) is 0 Å². The number of rotatable bonds is 3. The number of ketones is 1. The quantitative estimate of drug-likeness (QED) is 0.598. The van der Waals surface area contributed by atoms with Gasteiger partial charge in [0, 0.05) is 32.3 Å². The topological polar surface area (TPSA) is 44.1 Å². The van der Waals surface area contributed by atoms with E-state index < -0.39 is 0 Å². The van der Waals surface area contributed by atoms with Gasteiger partial charge in [0.25, 0.3) is 0 Å². The molecule has 90 valence electrons. The van der Waals surface area contributed by atoms with E-state index in [1.807, 2.05) is 36.4 Å². The molecule has 0 bridgehead atoms. The molecule has 0 aromatic heterocycles. The van der Waals surface area contributed by atoms with Gasteiger partial charge in [-0.25, -0.2) is 0 Å². The van der Waals surface area contributed by atoms with Gasteiger partial charge in [-0.1, -0.05) is 24.3 Å². The zero-order chi connectivity index (χ0) is 13.1. The van der Waals surface area contributed by atoms with Gasteiger partial charge in [-0.05, 0) is 17.2 Å². The van der Waals surface area contributed by atoms with Crippen LogP contribution in [0.2, 0.25) is 0 Å². The van der Waals surface area contributed by atoms with E-state index in [1.54, 1.807) is 25.2 Å². The predicted octanol–water partition coefficient (Wildman–Crippen LogP) is 2.16. The summed E-state index contributed by atoms with van der Waals surface area (Å²) in [6.07, 6.45) is 4.05. The largest absolute Gasteiger partial charge is 0.382 e. The van der Waals surface area contributed by atoms with Crippen molar-refractivity contribution < 1.29 is 4.79 Å². The highest BCUT2D eigenvalue weighted by atomic mass is 16.1. The summed E-state index contributed by atoms with van der Waals surface area (Å²) in [7, 11) is 3.59. The number of carbonyl (C=O) groups is 1. The number of fused-ring (bicyclic) bond motifs is 1. The first-order valence-electron chi connectivity index (χ1n) is 5.73. The van der Waals surface area contributed by atoms with Crippen molar-refractivity contribution in [2.45, 2.75) is 6.42 Å². The van der Waals surface area contributed by atoms with E-state index in [-0.39, 0.29) is 11.4 Å². The standard InChI is InChI=1S/C15H14N2O/c1-17(2)10-14(9-16)15(18)13-7-11-5-3-4-6-12(11)8-13/h3-7,10H,8H2,1-2H3. The third-order valence-electron chi connectivity index (χ3n) is 2.81. The lowest BCUT2D eigenvalue weighted by Crippen LogP contribution is -2.10. The number of nitrogens with zero attached hydrogens (tertiary/aromatic N) is 2. The van der Waals surface area contributed by atoms with E-state index >= 15 is 0 Å². The molecule has 1 aliphatic rings. The maximum absolute atomic E-state index is 12.2. The highest BCUT2D eigenvalue weighted by Gasteiger charge is 2.21. The van der Waals surface area contributed by atoms with Gasteiger partial charge in [-0.2, -0.15) is 5.26 Å². The van der Waals surface area contributed by atoms with E-state index in [0.29, 0.717) is 12.0 Å². The first-order chi connectivity index (χ1) is 8.61. The molecule has 18 heavy (non-hydrogen) atoms. The van der Waals surface area contributed by atoms with E-state index in [0.717, 1.165) is 11.1 Å². The molecule has 1 aliphatic carbocycles. The first-order valence-corrected chi connectivity index (χ1v) is 5.73. The summed E-state index contributed by atoms with van der Waals surface area (Å²) in [4.78, 5) is 13.9. The average molecular weight is 238 g/mol. The van der Waals surface area contributed by atoms with Gasteiger partial charge in [0.1, 0.15) is 11.6 Å². The van der Waals surface area contributed by atoms with Crippen LogP contribution in [0.25, 0.3) is 6.08 Å². The second-order valence-electron chi connectivity index (χ2n) is 4.49. The monoisotopic (exact) mass is 238 g/mol. The molecule has 0 saturated carbocycles. The molecule has 0 radical (unpaired) electrons. The summed E-state index contributed by atoms with van der Waals surface area (Å²) in [5.41, 5.74) is 3.08. The summed E-state index contributed by atoms with van der Waals surface area (Å²) in [5, 5.41) is 9.03. The fourth-order valence-electron chi connectivity index (χ4n) is 2.00. The molecule has 1 aromatic carbocycles. The van der Waals surface area contributed by atoms with Crippen LogP contribution >= 0.6 is 0 Å². The van der Waals surface area contributed by atoms with Crippen molar-refractivity contribution in [3.05, 3.63) is 52.7 Å². The van der Waals surface area contributed by atoms with Crippen molar-refractivity contribution in [2.24, 2.45) is 0 Å². The number of nitriles is 1. The minimum Gasteiger partial charge on any atom is -0.382 e. The van der Waals surface area contributed by atoms with Gasteiger partial charge in [-0.15, -0.1) is 0 Å². The Balaban J connectivity index is 2.27. The molecule has 0 aliphatic heterocycles. The Hall–Kier alpha value is -2.34. The number of hydrogen-bond acceptors (Lipinski definition) is 3. The van der Waals surface area contributed by atoms with Gasteiger partial charge in [0.2, 0.25) is 5.78 Å². The van der Waals surface area contributed by atoms with Crippen LogP contribution in [0.3, 0.4) is 0 Å². The summed E-state index contributed by atoms with van der Waals surface area (Å²) in [6.45, 7) is 0. The van der Waals surface area contributed by atoms with Gasteiger partial charge < -0.3 is 4.90 Å². The zero-order valence-corrected chi connectivity index (χ0v) is 10.5. The maximum atomic E-state index is 12.2. The van der Waals surface area contributed by atoms with E-state index in [4.69, 9.17) is 5.26 Å². The van der Waals surface area contributed by atoms with Gasteiger partial charge in [-0.3, -0.25) is 4.79 Å². The van der Waals surface area contributed by atoms with Crippen LogP contribution in [-0.4, -0.2) is 24.8 Å². The summed E-state index contributed by atoms with van der Waals surface area (Å²) in [6, 6.07) is 9.86. The van der Waals surface area contributed by atoms with Gasteiger partial charge in [0.05, 0.1) is 0 Å². The van der Waals surface area contributed by atoms with Crippen molar-refractivity contribution >= 4 is 11.9 Å². The van der Waals surface area contributed by atoms with Gasteiger partial charge in [0.15, 0.2) is 0 Å². The fourth-order valence-corrected chi connectivity index (χ4v) is 2.00. The SMILES string of the molecule is CN(C)C=C(C#N)C(=O)C1=Cc2ccccc2C1. The molecule has 0 atom stereocenters. The highest BCUT2D eigenvalue weighted by molar-refractivity contribution is 6.14. The lowest BCUT2D eigenvalue weighted by Gasteiger charge is -2.06. The number of benzene rings is 1. The first kappa shape index (κ1) is 12.1. The molecule has 0 spiro atoms. The lowest BCUT2D eigenvalue weighted by atomic mass is 10.0. The maximum Gasteiger partial charge on any atom is 0.201 e. The molecule has 0 saturated heterocycles. The van der Waals surface area contributed by atoms with E-state index in [1.165, 1.54) is 0 Å². The molecular weight excluding hydrogens is 224 g/mol.